The number of phosphoric acid groups is 2. The number of carbonyl (C=O) groups is 4. The molecule has 0 amide bonds. The van der Waals surface area contributed by atoms with Gasteiger partial charge >= 0.3 is 39.5 Å². The minimum atomic E-state index is -4.96. The van der Waals surface area contributed by atoms with Crippen LogP contribution in [0.5, 0.6) is 0 Å². The third-order valence-corrected chi connectivity index (χ3v) is 21.2. The van der Waals surface area contributed by atoms with Crippen LogP contribution in [0.2, 0.25) is 0 Å². The standard InChI is InChI=1S/C82H160O17P2/c1-6-9-12-15-18-21-24-26-28-29-30-31-32-33-39-43-48-53-58-63-68-82(87)99-78(72-93-80(85)66-61-56-51-46-41-38-35-34-36-40-44-49-54-59-64-75(4)5)74-97-101(90,91)95-70-76(83)69-94-100(88,89)96-73-77(71-92-79(84)65-60-55-50-45-23-20-17-14-11-8-3)98-81(86)67-62-57-52-47-42-37-27-25-22-19-16-13-10-7-2/h75-78,83H,6-74H2,1-5H3,(H,88,89)(H,90,91)/t76-,77+,78+/m0/s1. The molecule has 5 atom stereocenters. The molecular formula is C82H160O17P2. The molecule has 101 heavy (non-hydrogen) atoms. The van der Waals surface area contributed by atoms with Crippen molar-refractivity contribution in [2.45, 2.75) is 457 Å². The quantitative estimate of drug-likeness (QED) is 0.0222. The van der Waals surface area contributed by atoms with E-state index in [1.807, 2.05) is 0 Å². The zero-order valence-corrected chi connectivity index (χ0v) is 67.8. The molecule has 0 saturated carbocycles. The highest BCUT2D eigenvalue weighted by Gasteiger charge is 2.30. The minimum Gasteiger partial charge on any atom is -0.462 e. The molecule has 0 bridgehead atoms. The van der Waals surface area contributed by atoms with Gasteiger partial charge < -0.3 is 33.8 Å². The molecule has 0 aromatic heterocycles. The summed E-state index contributed by atoms with van der Waals surface area (Å²) in [5, 5.41) is 10.6. The van der Waals surface area contributed by atoms with E-state index in [1.54, 1.807) is 0 Å². The van der Waals surface area contributed by atoms with Gasteiger partial charge in [0, 0.05) is 25.7 Å². The number of rotatable bonds is 82. The lowest BCUT2D eigenvalue weighted by molar-refractivity contribution is -0.161. The van der Waals surface area contributed by atoms with Gasteiger partial charge in [-0.25, -0.2) is 9.13 Å². The lowest BCUT2D eigenvalue weighted by Crippen LogP contribution is -2.30. The topological polar surface area (TPSA) is 237 Å². The Balaban J connectivity index is 5.23. The van der Waals surface area contributed by atoms with Crippen LogP contribution in [0.25, 0.3) is 0 Å². The summed E-state index contributed by atoms with van der Waals surface area (Å²) in [6, 6.07) is 0. The van der Waals surface area contributed by atoms with Crippen LogP contribution < -0.4 is 0 Å². The van der Waals surface area contributed by atoms with Crippen LogP contribution in [0.1, 0.15) is 439 Å². The molecule has 0 fully saturated rings. The largest absolute Gasteiger partial charge is 0.472 e. The summed E-state index contributed by atoms with van der Waals surface area (Å²) in [6.07, 6.45) is 66.5. The van der Waals surface area contributed by atoms with E-state index in [0.29, 0.717) is 25.7 Å². The van der Waals surface area contributed by atoms with Crippen LogP contribution >= 0.6 is 15.6 Å². The summed E-state index contributed by atoms with van der Waals surface area (Å²) < 4.78 is 68.7. The van der Waals surface area contributed by atoms with E-state index >= 15 is 0 Å². The molecule has 3 N–H and O–H groups in total. The molecule has 600 valence electrons. The maximum Gasteiger partial charge on any atom is 0.472 e. The Morgan fingerprint density at radius 2 is 0.455 bits per heavy atom. The van der Waals surface area contributed by atoms with Gasteiger partial charge in [-0.05, 0) is 31.6 Å². The molecule has 0 spiro atoms. The van der Waals surface area contributed by atoms with E-state index in [2.05, 4.69) is 34.6 Å². The van der Waals surface area contributed by atoms with Crippen molar-refractivity contribution in [3.63, 3.8) is 0 Å². The molecule has 17 nitrogen and oxygen atoms in total. The monoisotopic (exact) mass is 1480 g/mol. The van der Waals surface area contributed by atoms with Gasteiger partial charge in [0.25, 0.3) is 0 Å². The molecular weight excluding hydrogens is 1320 g/mol. The van der Waals surface area contributed by atoms with E-state index < -0.39 is 97.5 Å². The number of hydrogen-bond donors (Lipinski definition) is 3. The van der Waals surface area contributed by atoms with E-state index in [9.17, 15) is 43.2 Å². The van der Waals surface area contributed by atoms with Crippen molar-refractivity contribution in [1.82, 2.24) is 0 Å². The Morgan fingerprint density at radius 3 is 0.673 bits per heavy atom. The number of hydrogen-bond acceptors (Lipinski definition) is 15. The summed E-state index contributed by atoms with van der Waals surface area (Å²) in [4.78, 5) is 73.0. The number of phosphoric ester groups is 2. The van der Waals surface area contributed by atoms with Crippen LogP contribution in [-0.4, -0.2) is 96.7 Å². The van der Waals surface area contributed by atoms with Gasteiger partial charge in [-0.2, -0.15) is 0 Å². The molecule has 0 heterocycles. The first-order valence-electron chi connectivity index (χ1n) is 42.6. The van der Waals surface area contributed by atoms with Crippen molar-refractivity contribution >= 4 is 39.5 Å². The average molecular weight is 1480 g/mol. The van der Waals surface area contributed by atoms with Crippen molar-refractivity contribution < 1.29 is 80.2 Å². The molecule has 0 rings (SSSR count). The van der Waals surface area contributed by atoms with E-state index in [4.69, 9.17) is 37.0 Å². The maximum absolute atomic E-state index is 13.1. The number of aliphatic hydroxyl groups is 1. The molecule has 19 heteroatoms. The third-order valence-electron chi connectivity index (χ3n) is 19.3. The minimum absolute atomic E-state index is 0.108. The second-order valence-corrected chi connectivity index (χ2v) is 32.9. The molecule has 0 aliphatic carbocycles. The molecule has 0 aliphatic rings. The molecule has 0 radical (unpaired) electrons. The van der Waals surface area contributed by atoms with Crippen molar-refractivity contribution in [2.24, 2.45) is 5.92 Å². The van der Waals surface area contributed by atoms with E-state index in [-0.39, 0.29) is 25.7 Å². The summed E-state index contributed by atoms with van der Waals surface area (Å²) >= 11 is 0. The van der Waals surface area contributed by atoms with Crippen LogP contribution in [0.15, 0.2) is 0 Å². The third kappa shape index (κ3) is 76.1. The summed E-state index contributed by atoms with van der Waals surface area (Å²) in [7, 11) is -9.92. The summed E-state index contributed by atoms with van der Waals surface area (Å²) in [5.41, 5.74) is 0. The van der Waals surface area contributed by atoms with Crippen LogP contribution in [0, 0.1) is 5.92 Å². The average Bonchev–Trinajstić information content (AvgIpc) is 0.922. The fraction of sp³-hybridized carbons (Fsp3) is 0.951. The molecule has 0 aromatic carbocycles. The first kappa shape index (κ1) is 99.1. The number of aliphatic hydroxyl groups excluding tert-OH is 1. The molecule has 0 aromatic rings. The first-order chi connectivity index (χ1) is 49.0. The molecule has 0 aliphatic heterocycles. The highest BCUT2D eigenvalue weighted by molar-refractivity contribution is 7.47. The molecule has 2 unspecified atom stereocenters. The van der Waals surface area contributed by atoms with Gasteiger partial charge in [0.2, 0.25) is 0 Å². The number of esters is 4. The van der Waals surface area contributed by atoms with Gasteiger partial charge in [-0.3, -0.25) is 37.3 Å². The van der Waals surface area contributed by atoms with Gasteiger partial charge in [0.15, 0.2) is 12.2 Å². The zero-order valence-electron chi connectivity index (χ0n) is 66.1. The van der Waals surface area contributed by atoms with Gasteiger partial charge in [-0.15, -0.1) is 0 Å². The van der Waals surface area contributed by atoms with Crippen LogP contribution in [0.3, 0.4) is 0 Å². The Morgan fingerprint density at radius 1 is 0.267 bits per heavy atom. The molecule has 0 saturated heterocycles. The lowest BCUT2D eigenvalue weighted by Gasteiger charge is -2.21. The van der Waals surface area contributed by atoms with Crippen molar-refractivity contribution in [1.29, 1.82) is 0 Å². The van der Waals surface area contributed by atoms with Gasteiger partial charge in [0.05, 0.1) is 26.4 Å². The normalized spacial score (nSPS) is 13.8. The highest BCUT2D eigenvalue weighted by atomic mass is 31.2. The SMILES string of the molecule is CCCCCCCCCCCCCCCCCCCCCCC(=O)O[C@H](COC(=O)CCCCCCCCCCCCCCCCC(C)C)COP(=O)(O)OC[C@@H](O)COP(=O)(O)OC[C@@H](COC(=O)CCCCCCCCCCCC)OC(=O)CCCCCCCCCCCCCCCC. The fourth-order valence-corrected chi connectivity index (χ4v) is 14.3. The summed E-state index contributed by atoms with van der Waals surface area (Å²) in [5.74, 6) is -1.30. The van der Waals surface area contributed by atoms with Crippen molar-refractivity contribution in [3.8, 4) is 0 Å². The van der Waals surface area contributed by atoms with Crippen LogP contribution in [-0.2, 0) is 65.4 Å². The number of unbranched alkanes of at least 4 members (excludes halogenated alkanes) is 54. The Kier molecular flexibility index (Phi) is 73.5. The van der Waals surface area contributed by atoms with E-state index in [0.717, 1.165) is 95.8 Å². The second-order valence-electron chi connectivity index (χ2n) is 30.0. The maximum atomic E-state index is 13.1. The van der Waals surface area contributed by atoms with Crippen molar-refractivity contribution in [2.75, 3.05) is 39.6 Å². The van der Waals surface area contributed by atoms with E-state index in [1.165, 1.54) is 263 Å². The van der Waals surface area contributed by atoms with Gasteiger partial charge in [0.1, 0.15) is 19.3 Å². The summed E-state index contributed by atoms with van der Waals surface area (Å²) in [6.45, 7) is 7.36. The van der Waals surface area contributed by atoms with Gasteiger partial charge in [-0.1, -0.05) is 388 Å². The fourth-order valence-electron chi connectivity index (χ4n) is 12.8. The second kappa shape index (κ2) is 74.9. The predicted molar refractivity (Wildman–Crippen MR) is 414 cm³/mol. The lowest BCUT2D eigenvalue weighted by atomic mass is 10.0. The Bertz CT molecular complexity index is 1930. The van der Waals surface area contributed by atoms with Crippen LogP contribution in [0.4, 0.5) is 0 Å². The number of ether oxygens (including phenoxy) is 4. The Labute approximate surface area is 619 Å². The first-order valence-corrected chi connectivity index (χ1v) is 45.6. The zero-order chi connectivity index (χ0) is 74.1. The van der Waals surface area contributed by atoms with Crippen molar-refractivity contribution in [3.05, 3.63) is 0 Å². The Hall–Kier alpha value is -1.94. The smallest absolute Gasteiger partial charge is 0.462 e. The highest BCUT2D eigenvalue weighted by Crippen LogP contribution is 2.45. The predicted octanol–water partition coefficient (Wildman–Crippen LogP) is 24.8. The number of carbonyl (C=O) groups excluding carboxylic acids is 4.